The third kappa shape index (κ3) is 3.36. The first-order valence-corrected chi connectivity index (χ1v) is 8.71. The average Bonchev–Trinajstić information content (AvgIpc) is 2.38. The molecule has 106 valence electrons. The summed E-state index contributed by atoms with van der Waals surface area (Å²) in [7, 11) is -1.70. The van der Waals surface area contributed by atoms with Crippen molar-refractivity contribution in [3.05, 3.63) is 18.2 Å². The zero-order valence-corrected chi connectivity index (χ0v) is 13.0. The topological polar surface area (TPSA) is 40.6 Å². The molecule has 0 atom stereocenters. The molecule has 1 aromatic carbocycles. The summed E-state index contributed by atoms with van der Waals surface area (Å²) >= 11 is 4.36. The molecule has 1 aliphatic heterocycles. The Balaban J connectivity index is 2.34. The highest BCUT2D eigenvalue weighted by atomic mass is 32.2. The maximum Gasteiger partial charge on any atom is 0.232 e. The molecule has 0 N–H and O–H groups in total. The van der Waals surface area contributed by atoms with Gasteiger partial charge in [0.2, 0.25) is 10.0 Å². The van der Waals surface area contributed by atoms with Gasteiger partial charge in [0.25, 0.3) is 0 Å². The highest BCUT2D eigenvalue weighted by molar-refractivity contribution is 7.92. The summed E-state index contributed by atoms with van der Waals surface area (Å²) in [5.74, 6) is 0. The minimum atomic E-state index is -3.26. The monoisotopic (exact) mass is 300 g/mol. The molecule has 0 amide bonds. The van der Waals surface area contributed by atoms with E-state index in [4.69, 9.17) is 0 Å². The molecule has 1 aliphatic rings. The first-order chi connectivity index (χ1) is 8.89. The summed E-state index contributed by atoms with van der Waals surface area (Å²) in [6, 6.07) is 5.78. The van der Waals surface area contributed by atoms with Crippen LogP contribution in [0, 0.1) is 0 Å². The summed E-state index contributed by atoms with van der Waals surface area (Å²) in [6.45, 7) is 2.07. The van der Waals surface area contributed by atoms with E-state index < -0.39 is 10.0 Å². The summed E-state index contributed by atoms with van der Waals surface area (Å²) in [5.41, 5.74) is 1.71. The molecule has 0 radical (unpaired) electrons. The van der Waals surface area contributed by atoms with E-state index in [1.165, 1.54) is 29.8 Å². The highest BCUT2D eigenvalue weighted by Gasteiger charge is 2.17. The minimum absolute atomic E-state index is 0.633. The summed E-state index contributed by atoms with van der Waals surface area (Å²) in [6.07, 6.45) is 4.87. The Morgan fingerprint density at radius 2 is 1.84 bits per heavy atom. The second-order valence-electron chi connectivity index (χ2n) is 4.95. The van der Waals surface area contributed by atoms with Crippen molar-refractivity contribution in [2.24, 2.45) is 0 Å². The van der Waals surface area contributed by atoms with Crippen molar-refractivity contribution in [1.82, 2.24) is 0 Å². The fourth-order valence-electron chi connectivity index (χ4n) is 2.29. The Morgan fingerprint density at radius 3 is 2.42 bits per heavy atom. The quantitative estimate of drug-likeness (QED) is 0.871. The van der Waals surface area contributed by atoms with Crippen molar-refractivity contribution in [3.8, 4) is 0 Å². The van der Waals surface area contributed by atoms with Gasteiger partial charge in [0.1, 0.15) is 0 Å². The molecular formula is C13H20N2O2S2. The van der Waals surface area contributed by atoms with Crippen LogP contribution in [0.3, 0.4) is 0 Å². The molecule has 0 aromatic heterocycles. The standard InChI is InChI=1S/C13H20N2O2S2/c1-14(19(2,16)17)12-10-11(6-7-13(12)18)15-8-4-3-5-9-15/h6-7,10,18H,3-5,8-9H2,1-2H3. The van der Waals surface area contributed by atoms with Crippen LogP contribution in [0.4, 0.5) is 11.4 Å². The van der Waals surface area contributed by atoms with Gasteiger partial charge in [-0.3, -0.25) is 4.31 Å². The number of piperidine rings is 1. The second kappa shape index (κ2) is 5.63. The molecule has 0 bridgehead atoms. The Hall–Kier alpha value is -0.880. The van der Waals surface area contributed by atoms with Gasteiger partial charge in [-0.25, -0.2) is 8.42 Å². The highest BCUT2D eigenvalue weighted by Crippen LogP contribution is 2.31. The van der Waals surface area contributed by atoms with Gasteiger partial charge >= 0.3 is 0 Å². The van der Waals surface area contributed by atoms with Crippen molar-refractivity contribution >= 4 is 34.0 Å². The molecule has 2 rings (SSSR count). The Bertz CT molecular complexity index is 552. The minimum Gasteiger partial charge on any atom is -0.371 e. The van der Waals surface area contributed by atoms with E-state index >= 15 is 0 Å². The van der Waals surface area contributed by atoms with E-state index in [1.54, 1.807) is 7.05 Å². The first kappa shape index (κ1) is 14.5. The molecule has 19 heavy (non-hydrogen) atoms. The molecule has 0 saturated carbocycles. The molecule has 0 spiro atoms. The Kier molecular flexibility index (Phi) is 4.30. The predicted octanol–water partition coefficient (Wildman–Crippen LogP) is 2.36. The lowest BCUT2D eigenvalue weighted by Gasteiger charge is -2.30. The lowest BCUT2D eigenvalue weighted by Crippen LogP contribution is -2.30. The van der Waals surface area contributed by atoms with E-state index in [0.29, 0.717) is 10.6 Å². The number of sulfonamides is 1. The SMILES string of the molecule is CN(c1cc(N2CCCCC2)ccc1S)S(C)(=O)=O. The van der Waals surface area contributed by atoms with E-state index in [0.717, 1.165) is 18.8 Å². The number of anilines is 2. The molecule has 1 heterocycles. The molecule has 4 nitrogen and oxygen atoms in total. The van der Waals surface area contributed by atoms with E-state index in [9.17, 15) is 8.42 Å². The van der Waals surface area contributed by atoms with Crippen molar-refractivity contribution in [2.75, 3.05) is 35.6 Å². The third-order valence-corrected chi connectivity index (χ3v) is 5.09. The lowest BCUT2D eigenvalue weighted by molar-refractivity contribution is 0.577. The molecule has 1 saturated heterocycles. The molecule has 1 aromatic rings. The normalized spacial score (nSPS) is 16.5. The van der Waals surface area contributed by atoms with Crippen molar-refractivity contribution in [1.29, 1.82) is 0 Å². The maximum atomic E-state index is 11.6. The largest absolute Gasteiger partial charge is 0.371 e. The zero-order valence-electron chi connectivity index (χ0n) is 11.3. The van der Waals surface area contributed by atoms with Gasteiger partial charge in [-0.05, 0) is 37.5 Å². The van der Waals surface area contributed by atoms with Gasteiger partial charge in [-0.2, -0.15) is 0 Å². The van der Waals surface area contributed by atoms with Crippen LogP contribution in [0.1, 0.15) is 19.3 Å². The van der Waals surface area contributed by atoms with E-state index in [-0.39, 0.29) is 0 Å². The van der Waals surface area contributed by atoms with Gasteiger partial charge in [0.05, 0.1) is 11.9 Å². The average molecular weight is 300 g/mol. The lowest BCUT2D eigenvalue weighted by atomic mass is 10.1. The van der Waals surface area contributed by atoms with Crippen molar-refractivity contribution in [2.45, 2.75) is 24.2 Å². The summed E-state index contributed by atoms with van der Waals surface area (Å²) < 4.78 is 24.6. The fraction of sp³-hybridized carbons (Fsp3) is 0.538. The Morgan fingerprint density at radius 1 is 1.21 bits per heavy atom. The predicted molar refractivity (Wildman–Crippen MR) is 83.0 cm³/mol. The second-order valence-corrected chi connectivity index (χ2v) is 7.45. The van der Waals surface area contributed by atoms with E-state index in [2.05, 4.69) is 17.5 Å². The van der Waals surface area contributed by atoms with Gasteiger partial charge in [-0.1, -0.05) is 0 Å². The van der Waals surface area contributed by atoms with Crippen LogP contribution in [0.15, 0.2) is 23.1 Å². The van der Waals surface area contributed by atoms with Crippen LogP contribution in [0.5, 0.6) is 0 Å². The van der Waals surface area contributed by atoms with Crippen LogP contribution >= 0.6 is 12.6 Å². The third-order valence-electron chi connectivity index (χ3n) is 3.52. The number of hydrogen-bond donors (Lipinski definition) is 1. The molecule has 6 heteroatoms. The number of rotatable bonds is 3. The number of benzene rings is 1. The molecule has 1 fully saturated rings. The number of thiol groups is 1. The van der Waals surface area contributed by atoms with Crippen molar-refractivity contribution < 1.29 is 8.42 Å². The molecule has 0 unspecified atom stereocenters. The van der Waals surface area contributed by atoms with Crippen LogP contribution in [-0.4, -0.2) is 34.8 Å². The molecule has 0 aliphatic carbocycles. The zero-order chi connectivity index (χ0) is 14.0. The first-order valence-electron chi connectivity index (χ1n) is 6.41. The van der Waals surface area contributed by atoms with Gasteiger partial charge in [0.15, 0.2) is 0 Å². The van der Waals surface area contributed by atoms with Crippen LogP contribution in [0.2, 0.25) is 0 Å². The smallest absolute Gasteiger partial charge is 0.232 e. The molecular weight excluding hydrogens is 280 g/mol. The summed E-state index contributed by atoms with van der Waals surface area (Å²) in [5, 5.41) is 0. The van der Waals surface area contributed by atoms with Crippen LogP contribution in [0.25, 0.3) is 0 Å². The van der Waals surface area contributed by atoms with E-state index in [1.807, 2.05) is 18.2 Å². The Labute approximate surface area is 120 Å². The summed E-state index contributed by atoms with van der Waals surface area (Å²) in [4.78, 5) is 2.98. The number of nitrogens with zero attached hydrogens (tertiary/aromatic N) is 2. The number of hydrogen-bond acceptors (Lipinski definition) is 4. The maximum absolute atomic E-state index is 11.6. The fourth-order valence-corrected chi connectivity index (χ4v) is 3.16. The van der Waals surface area contributed by atoms with Crippen molar-refractivity contribution in [3.63, 3.8) is 0 Å². The van der Waals surface area contributed by atoms with Gasteiger partial charge in [0, 0.05) is 30.7 Å². The van der Waals surface area contributed by atoms with Gasteiger partial charge in [-0.15, -0.1) is 12.6 Å². The van der Waals surface area contributed by atoms with Crippen LogP contribution in [-0.2, 0) is 10.0 Å². The van der Waals surface area contributed by atoms with Crippen LogP contribution < -0.4 is 9.21 Å². The van der Waals surface area contributed by atoms with Gasteiger partial charge < -0.3 is 4.90 Å².